The molecule has 1 N–H and O–H groups in total. The highest BCUT2D eigenvalue weighted by Crippen LogP contribution is 2.30. The van der Waals surface area contributed by atoms with Crippen LogP contribution in [0.1, 0.15) is 5.56 Å². The van der Waals surface area contributed by atoms with Gasteiger partial charge in [-0.05, 0) is 36.8 Å². The highest BCUT2D eigenvalue weighted by molar-refractivity contribution is 7.22. The smallest absolute Gasteiger partial charge is 0.188 e. The molecule has 0 spiro atoms. The molecule has 0 fully saturated rings. The van der Waals surface area contributed by atoms with E-state index in [1.54, 1.807) is 23.5 Å². The van der Waals surface area contributed by atoms with E-state index in [1.807, 2.05) is 13.0 Å². The van der Waals surface area contributed by atoms with Crippen LogP contribution < -0.4 is 10.1 Å². The fourth-order valence-corrected chi connectivity index (χ4v) is 2.82. The number of halogens is 1. The molecule has 0 bridgehead atoms. The van der Waals surface area contributed by atoms with E-state index in [0.717, 1.165) is 21.0 Å². The van der Waals surface area contributed by atoms with Crippen LogP contribution in [0.3, 0.4) is 0 Å². The zero-order chi connectivity index (χ0) is 14.1. The number of anilines is 2. The first-order valence-electron chi connectivity index (χ1n) is 6.13. The summed E-state index contributed by atoms with van der Waals surface area (Å²) in [6.07, 6.45) is 0. The van der Waals surface area contributed by atoms with E-state index in [2.05, 4.69) is 22.4 Å². The molecule has 0 amide bonds. The van der Waals surface area contributed by atoms with Gasteiger partial charge in [0.25, 0.3) is 0 Å². The summed E-state index contributed by atoms with van der Waals surface area (Å²) in [4.78, 5) is 4.52. The molecule has 1 aromatic heterocycles. The predicted octanol–water partition coefficient (Wildman–Crippen LogP) is 4.50. The lowest BCUT2D eigenvalue weighted by Crippen LogP contribution is -1.93. The third kappa shape index (κ3) is 2.44. The van der Waals surface area contributed by atoms with Crippen molar-refractivity contribution in [3.8, 4) is 5.75 Å². The molecule has 0 radical (unpaired) electrons. The van der Waals surface area contributed by atoms with Gasteiger partial charge in [0.05, 0.1) is 17.3 Å². The van der Waals surface area contributed by atoms with Gasteiger partial charge in [0, 0.05) is 11.8 Å². The molecule has 3 rings (SSSR count). The van der Waals surface area contributed by atoms with Crippen molar-refractivity contribution in [3.63, 3.8) is 0 Å². The topological polar surface area (TPSA) is 34.1 Å². The minimum Gasteiger partial charge on any atom is -0.494 e. The second-order valence-corrected chi connectivity index (χ2v) is 5.50. The van der Waals surface area contributed by atoms with Crippen molar-refractivity contribution in [2.45, 2.75) is 6.92 Å². The Bertz CT molecular complexity index is 770. The molecule has 0 atom stereocenters. The number of nitrogens with zero attached hydrogens (tertiary/aromatic N) is 1. The molecule has 0 aliphatic rings. The standard InChI is InChI=1S/C15H13FN2OS/c1-9-3-6-14-12(7-9)18-15(20-14)17-10-4-5-11(16)13(8-10)19-2/h3-8H,1-2H3,(H,17,18). The van der Waals surface area contributed by atoms with Crippen LogP contribution in [0, 0.1) is 12.7 Å². The number of ether oxygens (including phenoxy) is 1. The van der Waals surface area contributed by atoms with Gasteiger partial charge in [-0.3, -0.25) is 0 Å². The number of fused-ring (bicyclic) bond motifs is 1. The van der Waals surface area contributed by atoms with Crippen LogP contribution in [-0.4, -0.2) is 12.1 Å². The average Bonchev–Trinajstić information content (AvgIpc) is 2.82. The molecule has 0 aliphatic carbocycles. The maximum atomic E-state index is 13.4. The van der Waals surface area contributed by atoms with E-state index >= 15 is 0 Å². The van der Waals surface area contributed by atoms with Gasteiger partial charge in [-0.15, -0.1) is 0 Å². The van der Waals surface area contributed by atoms with E-state index in [-0.39, 0.29) is 11.6 Å². The molecule has 0 saturated carbocycles. The number of rotatable bonds is 3. The fourth-order valence-electron chi connectivity index (χ4n) is 1.95. The van der Waals surface area contributed by atoms with Crippen molar-refractivity contribution in [2.24, 2.45) is 0 Å². The number of benzene rings is 2. The van der Waals surface area contributed by atoms with Crippen molar-refractivity contribution >= 4 is 32.4 Å². The van der Waals surface area contributed by atoms with Gasteiger partial charge in [-0.25, -0.2) is 9.37 Å². The molecular formula is C15H13FN2OS. The summed E-state index contributed by atoms with van der Waals surface area (Å²) in [5.74, 6) is -0.162. The molecule has 1 heterocycles. The number of aryl methyl sites for hydroxylation is 1. The number of hydrogen-bond donors (Lipinski definition) is 1. The minimum absolute atomic E-state index is 0.215. The highest BCUT2D eigenvalue weighted by atomic mass is 32.1. The maximum Gasteiger partial charge on any atom is 0.188 e. The SMILES string of the molecule is COc1cc(Nc2nc3cc(C)ccc3s2)ccc1F. The monoisotopic (exact) mass is 288 g/mol. The summed E-state index contributed by atoms with van der Waals surface area (Å²) < 4.78 is 19.4. The number of methoxy groups -OCH3 is 1. The maximum absolute atomic E-state index is 13.4. The Morgan fingerprint density at radius 2 is 2.05 bits per heavy atom. The lowest BCUT2D eigenvalue weighted by atomic mass is 10.2. The quantitative estimate of drug-likeness (QED) is 0.770. The van der Waals surface area contributed by atoms with Crippen molar-refractivity contribution < 1.29 is 9.13 Å². The lowest BCUT2D eigenvalue weighted by Gasteiger charge is -2.06. The van der Waals surface area contributed by atoms with Gasteiger partial charge < -0.3 is 10.1 Å². The normalized spacial score (nSPS) is 10.8. The molecule has 5 heteroatoms. The lowest BCUT2D eigenvalue weighted by molar-refractivity contribution is 0.387. The molecule has 0 unspecified atom stereocenters. The molecule has 0 aliphatic heterocycles. The van der Waals surface area contributed by atoms with Crippen LogP contribution in [0.25, 0.3) is 10.2 Å². The Morgan fingerprint density at radius 3 is 2.85 bits per heavy atom. The molecular weight excluding hydrogens is 275 g/mol. The fraction of sp³-hybridized carbons (Fsp3) is 0.133. The van der Waals surface area contributed by atoms with Crippen LogP contribution in [0.5, 0.6) is 5.75 Å². The Hall–Kier alpha value is -2.14. The summed E-state index contributed by atoms with van der Waals surface area (Å²) in [6, 6.07) is 10.8. The third-order valence-corrected chi connectivity index (χ3v) is 3.90. The Balaban J connectivity index is 1.92. The molecule has 20 heavy (non-hydrogen) atoms. The molecule has 3 aromatic rings. The minimum atomic E-state index is -0.377. The number of thiazole rings is 1. The third-order valence-electron chi connectivity index (χ3n) is 2.95. The van der Waals surface area contributed by atoms with Crippen LogP contribution >= 0.6 is 11.3 Å². The Kier molecular flexibility index (Phi) is 3.28. The summed E-state index contributed by atoms with van der Waals surface area (Å²) in [5.41, 5.74) is 2.89. The summed E-state index contributed by atoms with van der Waals surface area (Å²) in [7, 11) is 1.45. The highest BCUT2D eigenvalue weighted by Gasteiger charge is 2.07. The van der Waals surface area contributed by atoms with Gasteiger partial charge in [0.1, 0.15) is 0 Å². The molecule has 0 saturated heterocycles. The van der Waals surface area contributed by atoms with Crippen molar-refractivity contribution in [1.82, 2.24) is 4.98 Å². The molecule has 3 nitrogen and oxygen atoms in total. The first-order chi connectivity index (χ1) is 9.65. The van der Waals surface area contributed by atoms with E-state index in [4.69, 9.17) is 4.74 Å². The molecule has 102 valence electrons. The van der Waals surface area contributed by atoms with Crippen LogP contribution in [0.15, 0.2) is 36.4 Å². The van der Waals surface area contributed by atoms with Crippen LogP contribution in [-0.2, 0) is 0 Å². The number of aromatic nitrogens is 1. The van der Waals surface area contributed by atoms with E-state index in [9.17, 15) is 4.39 Å². The van der Waals surface area contributed by atoms with E-state index < -0.39 is 0 Å². The Labute approximate surface area is 120 Å². The van der Waals surface area contributed by atoms with Gasteiger partial charge in [0.2, 0.25) is 0 Å². The first-order valence-corrected chi connectivity index (χ1v) is 6.95. The number of nitrogens with one attached hydrogen (secondary N) is 1. The van der Waals surface area contributed by atoms with E-state index in [0.29, 0.717) is 0 Å². The van der Waals surface area contributed by atoms with E-state index in [1.165, 1.54) is 18.7 Å². The van der Waals surface area contributed by atoms with Crippen molar-refractivity contribution in [3.05, 3.63) is 47.8 Å². The zero-order valence-electron chi connectivity index (χ0n) is 11.1. The van der Waals surface area contributed by atoms with Gasteiger partial charge in [-0.1, -0.05) is 17.4 Å². The van der Waals surface area contributed by atoms with Crippen LogP contribution in [0.2, 0.25) is 0 Å². The molecule has 2 aromatic carbocycles. The van der Waals surface area contributed by atoms with Gasteiger partial charge >= 0.3 is 0 Å². The summed E-state index contributed by atoms with van der Waals surface area (Å²) in [5, 5.41) is 3.95. The Morgan fingerprint density at radius 1 is 1.20 bits per heavy atom. The largest absolute Gasteiger partial charge is 0.494 e. The first kappa shape index (κ1) is 12.9. The predicted molar refractivity (Wildman–Crippen MR) is 80.6 cm³/mol. The zero-order valence-corrected chi connectivity index (χ0v) is 11.9. The summed E-state index contributed by atoms with van der Waals surface area (Å²) in [6.45, 7) is 2.04. The van der Waals surface area contributed by atoms with Crippen molar-refractivity contribution in [2.75, 3.05) is 12.4 Å². The second-order valence-electron chi connectivity index (χ2n) is 4.46. The number of hydrogen-bond acceptors (Lipinski definition) is 4. The average molecular weight is 288 g/mol. The van der Waals surface area contributed by atoms with Gasteiger partial charge in [0.15, 0.2) is 16.7 Å². The summed E-state index contributed by atoms with van der Waals surface area (Å²) >= 11 is 1.56. The van der Waals surface area contributed by atoms with Crippen LogP contribution in [0.4, 0.5) is 15.2 Å². The van der Waals surface area contributed by atoms with Crippen molar-refractivity contribution in [1.29, 1.82) is 0 Å². The second kappa shape index (κ2) is 5.09. The van der Waals surface area contributed by atoms with Gasteiger partial charge in [-0.2, -0.15) is 0 Å².